The average Bonchev–Trinajstić information content (AvgIpc) is 1.86. The second kappa shape index (κ2) is 2.41. The molecule has 0 unspecified atom stereocenters. The zero-order valence-corrected chi connectivity index (χ0v) is 5.18. The summed E-state index contributed by atoms with van der Waals surface area (Å²) in [5, 5.41) is 8.58. The van der Waals surface area contributed by atoms with Crippen LogP contribution in [0.5, 0.6) is 5.75 Å². The summed E-state index contributed by atoms with van der Waals surface area (Å²) in [5.74, 6) is -0.563. The molecule has 0 aliphatic heterocycles. The summed E-state index contributed by atoms with van der Waals surface area (Å²) >= 11 is 0. The van der Waals surface area contributed by atoms with Gasteiger partial charge < -0.3 is 5.11 Å². The fraction of sp³-hybridized carbons (Fsp3) is 0.167. The smallest absolute Gasteiger partial charge is 0.434 e. The number of rotatable bonds is 0. The molecule has 0 bridgehead atoms. The molecule has 0 saturated heterocycles. The lowest BCUT2D eigenvalue weighted by atomic mass is 10.3. The number of hydrogen-bond donors (Lipinski definition) is 1. The molecule has 2 nitrogen and oxygen atoms in total. The van der Waals surface area contributed by atoms with E-state index in [1.165, 1.54) is 0 Å². The van der Waals surface area contributed by atoms with E-state index >= 15 is 0 Å². The van der Waals surface area contributed by atoms with Crippen molar-refractivity contribution in [3.05, 3.63) is 24.0 Å². The third-order valence-corrected chi connectivity index (χ3v) is 0.951. The van der Waals surface area contributed by atoms with Gasteiger partial charge in [-0.3, -0.25) is 4.98 Å². The minimum atomic E-state index is -4.54. The Morgan fingerprint density at radius 3 is 2.45 bits per heavy atom. The minimum absolute atomic E-state index is 0.563. The number of hydrogen-bond acceptors (Lipinski definition) is 2. The van der Waals surface area contributed by atoms with E-state index in [0.717, 1.165) is 12.3 Å². The van der Waals surface area contributed by atoms with Gasteiger partial charge in [0.2, 0.25) is 0 Å². The van der Waals surface area contributed by atoms with Crippen LogP contribution < -0.4 is 0 Å². The van der Waals surface area contributed by atoms with Gasteiger partial charge in [0, 0.05) is 6.20 Å². The molecule has 5 heteroatoms. The molecule has 1 N–H and O–H groups in total. The molecular weight excluding hydrogens is 159 g/mol. The first kappa shape index (κ1) is 7.84. The lowest BCUT2D eigenvalue weighted by molar-refractivity contribution is -0.141. The normalized spacial score (nSPS) is 11.5. The van der Waals surface area contributed by atoms with E-state index < -0.39 is 17.6 Å². The number of nitrogens with zero attached hydrogens (tertiary/aromatic N) is 1. The number of aromatic nitrogens is 1. The van der Waals surface area contributed by atoms with Gasteiger partial charge in [-0.15, -0.1) is 0 Å². The zero-order valence-electron chi connectivity index (χ0n) is 5.18. The third-order valence-electron chi connectivity index (χ3n) is 0.951. The van der Waals surface area contributed by atoms with Crippen molar-refractivity contribution in [3.63, 3.8) is 0 Å². The van der Waals surface area contributed by atoms with E-state index in [2.05, 4.69) is 4.98 Å². The van der Waals surface area contributed by atoms with Gasteiger partial charge in [0.25, 0.3) is 0 Å². The number of halogens is 3. The highest BCUT2D eigenvalue weighted by atomic mass is 19.4. The Kier molecular flexibility index (Phi) is 1.72. The fourth-order valence-corrected chi connectivity index (χ4v) is 0.522. The lowest BCUT2D eigenvalue weighted by Crippen LogP contribution is -2.07. The average molecular weight is 162 g/mol. The van der Waals surface area contributed by atoms with Crippen molar-refractivity contribution in [1.82, 2.24) is 4.98 Å². The van der Waals surface area contributed by atoms with Crippen LogP contribution in [0.2, 0.25) is 0 Å². The van der Waals surface area contributed by atoms with Crippen molar-refractivity contribution in [1.29, 1.82) is 0 Å². The predicted octanol–water partition coefficient (Wildman–Crippen LogP) is 1.61. The summed E-state index contributed by atoms with van der Waals surface area (Å²) in [4.78, 5) is 2.97. The van der Waals surface area contributed by atoms with Crippen LogP contribution in [0.15, 0.2) is 12.3 Å². The maximum absolute atomic E-state index is 11.8. The summed E-state index contributed by atoms with van der Waals surface area (Å²) in [6, 6.07) is 2.69. The number of aromatic hydroxyl groups is 1. The highest BCUT2D eigenvalue weighted by molar-refractivity contribution is 5.20. The Hall–Kier alpha value is -1.26. The summed E-state index contributed by atoms with van der Waals surface area (Å²) in [6.45, 7) is 0. The molecule has 0 fully saturated rings. The summed E-state index contributed by atoms with van der Waals surface area (Å²) in [6.07, 6.45) is -3.67. The highest BCUT2D eigenvalue weighted by Crippen LogP contribution is 2.28. The van der Waals surface area contributed by atoms with Crippen molar-refractivity contribution >= 4 is 0 Å². The molecule has 0 aliphatic rings. The Balaban J connectivity index is 3.06. The molecule has 1 rings (SSSR count). The van der Waals surface area contributed by atoms with Crippen LogP contribution >= 0.6 is 0 Å². The van der Waals surface area contributed by atoms with Crippen LogP contribution in [-0.2, 0) is 6.18 Å². The van der Waals surface area contributed by atoms with Gasteiger partial charge in [0.15, 0.2) is 5.69 Å². The second-order valence-corrected chi connectivity index (χ2v) is 1.80. The lowest BCUT2D eigenvalue weighted by Gasteiger charge is -2.03. The van der Waals surface area contributed by atoms with Gasteiger partial charge in [0.1, 0.15) is 5.75 Å². The maximum Gasteiger partial charge on any atom is 0.434 e. The van der Waals surface area contributed by atoms with Gasteiger partial charge in [-0.25, -0.2) is 0 Å². The molecule has 0 aliphatic carbocycles. The van der Waals surface area contributed by atoms with Crippen molar-refractivity contribution < 1.29 is 18.3 Å². The van der Waals surface area contributed by atoms with Gasteiger partial charge in [-0.2, -0.15) is 13.2 Å². The molecule has 59 valence electrons. The molecule has 0 saturated carbocycles. The van der Waals surface area contributed by atoms with E-state index in [4.69, 9.17) is 5.11 Å². The molecule has 1 radical (unpaired) electrons. The van der Waals surface area contributed by atoms with E-state index in [-0.39, 0.29) is 0 Å². The Morgan fingerprint density at radius 2 is 2.09 bits per heavy atom. The monoisotopic (exact) mass is 162 g/mol. The quantitative estimate of drug-likeness (QED) is 0.628. The number of pyridine rings is 1. The van der Waals surface area contributed by atoms with Crippen LogP contribution in [0.4, 0.5) is 13.2 Å². The fourth-order valence-electron chi connectivity index (χ4n) is 0.522. The van der Waals surface area contributed by atoms with E-state index in [1.54, 1.807) is 6.07 Å². The molecule has 11 heavy (non-hydrogen) atoms. The van der Waals surface area contributed by atoms with Gasteiger partial charge in [-0.05, 0) is 6.07 Å². The Morgan fingerprint density at radius 1 is 1.45 bits per heavy atom. The Bertz CT molecular complexity index is 258. The first-order valence-electron chi connectivity index (χ1n) is 2.64. The number of alkyl halides is 3. The van der Waals surface area contributed by atoms with Crippen molar-refractivity contribution in [2.45, 2.75) is 6.18 Å². The van der Waals surface area contributed by atoms with E-state index in [0.29, 0.717) is 0 Å². The first-order valence-corrected chi connectivity index (χ1v) is 2.64. The van der Waals surface area contributed by atoms with Crippen molar-refractivity contribution in [2.75, 3.05) is 0 Å². The molecule has 1 aromatic heterocycles. The molecule has 0 atom stereocenters. The van der Waals surface area contributed by atoms with Gasteiger partial charge in [-0.1, -0.05) is 0 Å². The van der Waals surface area contributed by atoms with Crippen LogP contribution in [0.1, 0.15) is 5.69 Å². The standard InChI is InChI=1S/C6H3F3NO/c7-6(8,9)5-3-4(11)1-2-10-5/h1-2H,(H,10,11). The van der Waals surface area contributed by atoms with E-state index in [1.807, 2.05) is 0 Å². The highest BCUT2D eigenvalue weighted by Gasteiger charge is 2.32. The third kappa shape index (κ3) is 1.83. The van der Waals surface area contributed by atoms with Crippen LogP contribution in [0.25, 0.3) is 0 Å². The van der Waals surface area contributed by atoms with E-state index in [9.17, 15) is 13.2 Å². The van der Waals surface area contributed by atoms with Crippen LogP contribution in [-0.4, -0.2) is 10.1 Å². The second-order valence-electron chi connectivity index (χ2n) is 1.80. The minimum Gasteiger partial charge on any atom is -0.507 e. The summed E-state index contributed by atoms with van der Waals surface area (Å²) < 4.78 is 35.3. The van der Waals surface area contributed by atoms with Gasteiger partial charge >= 0.3 is 6.18 Å². The SMILES string of the molecule is Oc1[c]c(C(F)(F)F)ncc1. The predicted molar refractivity (Wildman–Crippen MR) is 29.7 cm³/mol. The Labute approximate surface area is 60.3 Å². The largest absolute Gasteiger partial charge is 0.507 e. The molecule has 0 amide bonds. The molecular formula is C6H3F3NO. The maximum atomic E-state index is 11.8. The summed E-state index contributed by atoms with van der Waals surface area (Å²) in [7, 11) is 0. The summed E-state index contributed by atoms with van der Waals surface area (Å²) in [5.41, 5.74) is -1.21. The van der Waals surface area contributed by atoms with Crippen LogP contribution in [0, 0.1) is 6.07 Å². The zero-order chi connectivity index (χ0) is 8.48. The molecule has 0 spiro atoms. The van der Waals surface area contributed by atoms with Gasteiger partial charge in [0.05, 0.1) is 6.07 Å². The van der Waals surface area contributed by atoms with Crippen molar-refractivity contribution in [3.8, 4) is 5.75 Å². The first-order chi connectivity index (χ1) is 5.00. The molecule has 1 aromatic rings. The molecule has 1 heterocycles. The van der Waals surface area contributed by atoms with Crippen molar-refractivity contribution in [2.24, 2.45) is 0 Å². The molecule has 0 aromatic carbocycles. The topological polar surface area (TPSA) is 33.1 Å². The van der Waals surface area contributed by atoms with Crippen LogP contribution in [0.3, 0.4) is 0 Å².